The van der Waals surface area contributed by atoms with Gasteiger partial charge in [-0.1, -0.05) is 12.1 Å². The number of hydrogen-bond donors (Lipinski definition) is 0. The number of aromatic nitrogens is 4. The quantitative estimate of drug-likeness (QED) is 0.370. The van der Waals surface area contributed by atoms with Gasteiger partial charge in [0.1, 0.15) is 18.0 Å². The van der Waals surface area contributed by atoms with Crippen molar-refractivity contribution in [3.8, 4) is 5.95 Å². The molecule has 0 radical (unpaired) electrons. The molecule has 2 aliphatic heterocycles. The number of benzene rings is 1. The average molecular weight is 564 g/mol. The van der Waals surface area contributed by atoms with E-state index in [1.54, 1.807) is 16.2 Å². The zero-order valence-corrected chi connectivity index (χ0v) is 24.0. The summed E-state index contributed by atoms with van der Waals surface area (Å²) in [5, 5.41) is 0. The number of piperazine rings is 1. The van der Waals surface area contributed by atoms with Crippen LogP contribution in [0.5, 0.6) is 0 Å². The Morgan fingerprint density at radius 3 is 2.58 bits per heavy atom. The van der Waals surface area contributed by atoms with Crippen LogP contribution in [0.4, 0.5) is 10.6 Å². The minimum Gasteiger partial charge on any atom is -0.444 e. The fraction of sp³-hybridized carbons (Fsp3) is 0.464. The molecule has 0 aliphatic carbocycles. The molecule has 1 aromatic carbocycles. The van der Waals surface area contributed by atoms with Gasteiger partial charge in [0.2, 0.25) is 11.9 Å². The standard InChI is InChI=1S/C28H33N7O4S/c1-18-29-20-7-5-6-8-22(20)35(18)26-30-21-15-19(40-24(21)25(31-26)32-11-13-38-14-12-32)16-33-9-10-34(17-23(33)36)27(37)39-28(2,3)4/h5-8,15H,9-14,16-17H2,1-4H3. The van der Waals surface area contributed by atoms with E-state index in [0.717, 1.165) is 50.9 Å². The smallest absolute Gasteiger partial charge is 0.410 e. The lowest BCUT2D eigenvalue weighted by atomic mass is 10.2. The lowest BCUT2D eigenvalue weighted by Crippen LogP contribution is -2.52. The summed E-state index contributed by atoms with van der Waals surface area (Å²) in [5.74, 6) is 2.16. The number of thiophene rings is 1. The van der Waals surface area contributed by atoms with Crippen molar-refractivity contribution in [2.45, 2.75) is 39.8 Å². The summed E-state index contributed by atoms with van der Waals surface area (Å²) >= 11 is 1.61. The number of anilines is 1. The first-order valence-electron chi connectivity index (χ1n) is 13.5. The van der Waals surface area contributed by atoms with Crippen LogP contribution in [0.15, 0.2) is 30.3 Å². The molecule has 0 atom stereocenters. The Kier molecular flexibility index (Phi) is 6.83. The molecular weight excluding hydrogens is 530 g/mol. The van der Waals surface area contributed by atoms with E-state index in [0.29, 0.717) is 38.8 Å². The molecule has 2 amide bonds. The number of nitrogens with zero attached hydrogens (tertiary/aromatic N) is 7. The Morgan fingerprint density at radius 1 is 1.05 bits per heavy atom. The Morgan fingerprint density at radius 2 is 1.82 bits per heavy atom. The van der Waals surface area contributed by atoms with Crippen molar-refractivity contribution in [3.63, 3.8) is 0 Å². The van der Waals surface area contributed by atoms with Crippen molar-refractivity contribution >= 4 is 50.4 Å². The van der Waals surface area contributed by atoms with E-state index in [1.807, 2.05) is 56.5 Å². The SMILES string of the molecule is Cc1nc2ccccc2n1-c1nc(N2CCOCC2)c2sc(CN3CCN(C(=O)OC(C)(C)C)CC3=O)cc2n1. The number of carbonyl (C=O) groups is 2. The Balaban J connectivity index is 1.31. The minimum absolute atomic E-state index is 0.00969. The molecule has 0 N–H and O–H groups in total. The molecule has 40 heavy (non-hydrogen) atoms. The van der Waals surface area contributed by atoms with Gasteiger partial charge >= 0.3 is 6.09 Å². The monoisotopic (exact) mass is 563 g/mol. The maximum atomic E-state index is 13.0. The highest BCUT2D eigenvalue weighted by molar-refractivity contribution is 7.19. The fourth-order valence-corrected chi connectivity index (χ4v) is 6.19. The molecule has 5 heterocycles. The van der Waals surface area contributed by atoms with Crippen LogP contribution in [0.3, 0.4) is 0 Å². The largest absolute Gasteiger partial charge is 0.444 e. The van der Waals surface area contributed by atoms with Gasteiger partial charge in [-0.2, -0.15) is 4.98 Å². The summed E-state index contributed by atoms with van der Waals surface area (Å²) in [5.41, 5.74) is 2.08. The van der Waals surface area contributed by atoms with E-state index in [9.17, 15) is 9.59 Å². The van der Waals surface area contributed by atoms with Crippen LogP contribution in [0.25, 0.3) is 27.2 Å². The maximum Gasteiger partial charge on any atom is 0.410 e. The van der Waals surface area contributed by atoms with Crippen LogP contribution in [-0.4, -0.2) is 92.9 Å². The molecule has 0 saturated carbocycles. The van der Waals surface area contributed by atoms with Gasteiger partial charge < -0.3 is 19.3 Å². The van der Waals surface area contributed by atoms with E-state index in [1.165, 1.54) is 4.90 Å². The first kappa shape index (κ1) is 26.5. The van der Waals surface area contributed by atoms with E-state index in [-0.39, 0.29) is 12.5 Å². The molecule has 2 aliphatic rings. The van der Waals surface area contributed by atoms with Crippen molar-refractivity contribution in [2.75, 3.05) is 50.8 Å². The number of aryl methyl sites for hydroxylation is 1. The molecule has 2 saturated heterocycles. The molecule has 0 bridgehead atoms. The highest BCUT2D eigenvalue weighted by Crippen LogP contribution is 2.35. The topological polar surface area (TPSA) is 106 Å². The average Bonchev–Trinajstić information content (AvgIpc) is 3.48. The Bertz CT molecular complexity index is 1580. The van der Waals surface area contributed by atoms with Gasteiger partial charge in [0.25, 0.3) is 0 Å². The molecule has 6 rings (SSSR count). The number of carbonyl (C=O) groups excluding carboxylic acids is 2. The van der Waals surface area contributed by atoms with E-state index >= 15 is 0 Å². The van der Waals surface area contributed by atoms with Gasteiger partial charge in [-0.3, -0.25) is 14.3 Å². The van der Waals surface area contributed by atoms with Crippen LogP contribution < -0.4 is 4.90 Å². The molecule has 3 aromatic heterocycles. The predicted octanol–water partition coefficient (Wildman–Crippen LogP) is 3.75. The normalized spacial score (nSPS) is 16.8. The van der Waals surface area contributed by atoms with Crippen molar-refractivity contribution in [3.05, 3.63) is 41.0 Å². The first-order valence-corrected chi connectivity index (χ1v) is 14.3. The highest BCUT2D eigenvalue weighted by Gasteiger charge is 2.31. The number of para-hydroxylation sites is 2. The number of hydrogen-bond acceptors (Lipinski definition) is 9. The molecule has 210 valence electrons. The Hall–Kier alpha value is -3.77. The summed E-state index contributed by atoms with van der Waals surface area (Å²) in [6.07, 6.45) is -0.456. The molecule has 12 heteroatoms. The van der Waals surface area contributed by atoms with Crippen molar-refractivity contribution in [2.24, 2.45) is 0 Å². The third kappa shape index (κ3) is 5.20. The molecular formula is C28H33N7O4S. The minimum atomic E-state index is -0.603. The van der Waals surface area contributed by atoms with E-state index in [2.05, 4.69) is 11.0 Å². The van der Waals surface area contributed by atoms with Crippen molar-refractivity contribution in [1.29, 1.82) is 0 Å². The van der Waals surface area contributed by atoms with Crippen LogP contribution in [0.2, 0.25) is 0 Å². The van der Waals surface area contributed by atoms with Gasteiger partial charge in [0, 0.05) is 31.1 Å². The van der Waals surface area contributed by atoms with Gasteiger partial charge in [-0.25, -0.2) is 14.8 Å². The summed E-state index contributed by atoms with van der Waals surface area (Å²) in [6, 6.07) is 10.0. The lowest BCUT2D eigenvalue weighted by molar-refractivity contribution is -0.136. The maximum absolute atomic E-state index is 13.0. The second-order valence-corrected chi connectivity index (χ2v) is 12.2. The summed E-state index contributed by atoms with van der Waals surface area (Å²) in [7, 11) is 0. The van der Waals surface area contributed by atoms with Gasteiger partial charge in [0.05, 0.1) is 41.0 Å². The zero-order chi connectivity index (χ0) is 28.0. The third-order valence-electron chi connectivity index (χ3n) is 6.95. The first-order chi connectivity index (χ1) is 19.2. The number of rotatable bonds is 4. The molecule has 2 fully saturated rings. The molecule has 11 nitrogen and oxygen atoms in total. The number of amides is 2. The van der Waals surface area contributed by atoms with Crippen LogP contribution in [0, 0.1) is 6.92 Å². The lowest BCUT2D eigenvalue weighted by Gasteiger charge is -2.35. The number of fused-ring (bicyclic) bond motifs is 2. The van der Waals surface area contributed by atoms with Crippen molar-refractivity contribution < 1.29 is 19.1 Å². The van der Waals surface area contributed by atoms with Gasteiger partial charge in [-0.05, 0) is 45.9 Å². The second kappa shape index (κ2) is 10.3. The zero-order valence-electron chi connectivity index (χ0n) is 23.2. The van der Waals surface area contributed by atoms with Gasteiger partial charge in [-0.15, -0.1) is 11.3 Å². The fourth-order valence-electron chi connectivity index (χ4n) is 5.06. The molecule has 4 aromatic rings. The van der Waals surface area contributed by atoms with E-state index in [4.69, 9.17) is 24.4 Å². The van der Waals surface area contributed by atoms with Crippen LogP contribution >= 0.6 is 11.3 Å². The van der Waals surface area contributed by atoms with Crippen molar-refractivity contribution in [1.82, 2.24) is 29.3 Å². The second-order valence-electron chi connectivity index (χ2n) is 11.1. The van der Waals surface area contributed by atoms with Crippen LogP contribution in [0.1, 0.15) is 31.5 Å². The third-order valence-corrected chi connectivity index (χ3v) is 8.05. The number of morpholine rings is 1. The van der Waals surface area contributed by atoms with Gasteiger partial charge in [0.15, 0.2) is 5.82 Å². The highest BCUT2D eigenvalue weighted by atomic mass is 32.1. The summed E-state index contributed by atoms with van der Waals surface area (Å²) in [4.78, 5) is 46.7. The van der Waals surface area contributed by atoms with E-state index < -0.39 is 11.7 Å². The summed E-state index contributed by atoms with van der Waals surface area (Å²) in [6.45, 7) is 11.5. The Labute approximate surface area is 236 Å². The number of ether oxygens (including phenoxy) is 2. The van der Waals surface area contributed by atoms with Crippen LogP contribution in [-0.2, 0) is 20.8 Å². The predicted molar refractivity (Wildman–Crippen MR) is 153 cm³/mol. The molecule has 0 unspecified atom stereocenters. The number of imidazole rings is 1. The molecule has 0 spiro atoms. The summed E-state index contributed by atoms with van der Waals surface area (Å²) < 4.78 is 14.0.